The molecule has 2 heterocycles. The fourth-order valence-electron chi connectivity index (χ4n) is 3.01. The Hall–Kier alpha value is -2.70. The summed E-state index contributed by atoms with van der Waals surface area (Å²) in [7, 11) is 1.80. The molecule has 0 saturated heterocycles. The Morgan fingerprint density at radius 1 is 1.52 bits per heavy atom. The summed E-state index contributed by atoms with van der Waals surface area (Å²) in [5, 5.41) is 17.0. The van der Waals surface area contributed by atoms with Crippen LogP contribution in [0.5, 0.6) is 0 Å². The van der Waals surface area contributed by atoms with E-state index in [0.717, 1.165) is 18.5 Å². The van der Waals surface area contributed by atoms with Gasteiger partial charge in [-0.15, -0.1) is 6.58 Å². The number of aryl methyl sites for hydroxylation is 2. The molecule has 1 atom stereocenters. The molecule has 0 radical (unpaired) electrons. The molecule has 3 rings (SSSR count). The largest absolute Gasteiger partial charge is 0.480 e. The van der Waals surface area contributed by atoms with Crippen molar-refractivity contribution in [3.8, 4) is 0 Å². The third kappa shape index (κ3) is 3.40. The fraction of sp³-hybridized carbons (Fsp3) is 0.444. The lowest BCUT2D eigenvalue weighted by atomic mass is 10.1. The van der Waals surface area contributed by atoms with Crippen LogP contribution in [-0.2, 0) is 11.8 Å². The summed E-state index contributed by atoms with van der Waals surface area (Å²) in [5.74, 6) is -1.07. The second-order valence-corrected chi connectivity index (χ2v) is 6.51. The lowest BCUT2D eigenvalue weighted by Gasteiger charge is -2.15. The molecule has 25 heavy (non-hydrogen) atoms. The van der Waals surface area contributed by atoms with E-state index in [1.807, 2.05) is 6.92 Å². The molecule has 1 fully saturated rings. The maximum Gasteiger partial charge on any atom is 0.326 e. The minimum atomic E-state index is -1.05. The standard InChI is InChI=1S/C18H22N4O3/c1-4-5-6-13(18(24)25)20-17(23)12-9-14(11-7-8-11)19-16-15(12)10(2)21-22(16)3/h4,9,11,13H,1,5-8H2,2-3H3,(H,20,23)(H,24,25). The summed E-state index contributed by atoms with van der Waals surface area (Å²) >= 11 is 0. The summed E-state index contributed by atoms with van der Waals surface area (Å²) in [4.78, 5) is 28.9. The molecule has 2 N–H and O–H groups in total. The van der Waals surface area contributed by atoms with E-state index in [9.17, 15) is 14.7 Å². The first-order chi connectivity index (χ1) is 11.9. The van der Waals surface area contributed by atoms with E-state index < -0.39 is 17.9 Å². The summed E-state index contributed by atoms with van der Waals surface area (Å²) in [6.45, 7) is 5.42. The van der Waals surface area contributed by atoms with E-state index in [4.69, 9.17) is 0 Å². The number of carboxylic acid groups (broad SMARTS) is 1. The number of aliphatic carboxylic acids is 1. The Kier molecular flexibility index (Phi) is 4.57. The number of nitrogens with one attached hydrogen (secondary N) is 1. The lowest BCUT2D eigenvalue weighted by Crippen LogP contribution is -2.40. The number of amides is 1. The number of aromatic nitrogens is 3. The highest BCUT2D eigenvalue weighted by Gasteiger charge is 2.29. The second-order valence-electron chi connectivity index (χ2n) is 6.51. The highest BCUT2D eigenvalue weighted by Crippen LogP contribution is 2.40. The molecule has 1 unspecified atom stereocenters. The molecule has 0 aliphatic heterocycles. The average Bonchev–Trinajstić information content (AvgIpc) is 3.37. The van der Waals surface area contributed by atoms with E-state index >= 15 is 0 Å². The van der Waals surface area contributed by atoms with Gasteiger partial charge in [-0.2, -0.15) is 5.10 Å². The van der Waals surface area contributed by atoms with Crippen molar-refractivity contribution in [1.82, 2.24) is 20.1 Å². The van der Waals surface area contributed by atoms with Crippen LogP contribution < -0.4 is 5.32 Å². The number of allylic oxidation sites excluding steroid dienone is 1. The number of carbonyl (C=O) groups is 2. The van der Waals surface area contributed by atoms with Crippen LogP contribution in [-0.4, -0.2) is 37.8 Å². The van der Waals surface area contributed by atoms with Crippen LogP contribution in [0.25, 0.3) is 11.0 Å². The van der Waals surface area contributed by atoms with Gasteiger partial charge in [0.15, 0.2) is 5.65 Å². The molecular weight excluding hydrogens is 320 g/mol. The molecule has 1 aliphatic rings. The number of hydrogen-bond acceptors (Lipinski definition) is 4. The van der Waals surface area contributed by atoms with Crippen molar-refractivity contribution in [3.05, 3.63) is 35.7 Å². The van der Waals surface area contributed by atoms with Crippen LogP contribution in [0.1, 0.15) is 53.3 Å². The molecule has 2 aromatic heterocycles. The van der Waals surface area contributed by atoms with Gasteiger partial charge in [0.2, 0.25) is 0 Å². The van der Waals surface area contributed by atoms with Crippen LogP contribution in [0.15, 0.2) is 18.7 Å². The summed E-state index contributed by atoms with van der Waals surface area (Å²) in [6.07, 6.45) is 4.59. The van der Waals surface area contributed by atoms with E-state index in [-0.39, 0.29) is 0 Å². The first-order valence-corrected chi connectivity index (χ1v) is 8.41. The summed E-state index contributed by atoms with van der Waals surface area (Å²) in [6, 6.07) is 0.839. The third-order valence-electron chi connectivity index (χ3n) is 4.49. The molecule has 7 nitrogen and oxygen atoms in total. The van der Waals surface area contributed by atoms with E-state index in [1.165, 1.54) is 0 Å². The molecule has 1 amide bonds. The Bertz CT molecular complexity index is 852. The molecule has 0 aromatic carbocycles. The van der Waals surface area contributed by atoms with Crippen LogP contribution >= 0.6 is 0 Å². The minimum Gasteiger partial charge on any atom is -0.480 e. The van der Waals surface area contributed by atoms with Crippen molar-refractivity contribution in [1.29, 1.82) is 0 Å². The number of rotatable bonds is 7. The summed E-state index contributed by atoms with van der Waals surface area (Å²) in [5.41, 5.74) is 2.68. The highest BCUT2D eigenvalue weighted by molar-refractivity contribution is 6.07. The first-order valence-electron chi connectivity index (χ1n) is 8.41. The maximum absolute atomic E-state index is 12.8. The van der Waals surface area contributed by atoms with Gasteiger partial charge in [0.1, 0.15) is 6.04 Å². The van der Waals surface area contributed by atoms with Gasteiger partial charge in [0.25, 0.3) is 5.91 Å². The molecular formula is C18H22N4O3. The van der Waals surface area contributed by atoms with Crippen LogP contribution in [0.3, 0.4) is 0 Å². The van der Waals surface area contributed by atoms with Gasteiger partial charge >= 0.3 is 5.97 Å². The average molecular weight is 342 g/mol. The van der Waals surface area contributed by atoms with Crippen molar-refractivity contribution >= 4 is 22.9 Å². The predicted octanol–water partition coefficient (Wildman–Crippen LogP) is 2.30. The SMILES string of the molecule is C=CCCC(NC(=O)c1cc(C2CC2)nc2c1c(C)nn2C)C(=O)O. The van der Waals surface area contributed by atoms with Gasteiger partial charge in [0.05, 0.1) is 16.6 Å². The van der Waals surface area contributed by atoms with Gasteiger partial charge < -0.3 is 10.4 Å². The molecule has 1 aliphatic carbocycles. The second kappa shape index (κ2) is 6.66. The number of carbonyl (C=O) groups excluding carboxylic acids is 1. The highest BCUT2D eigenvalue weighted by atomic mass is 16.4. The number of carboxylic acids is 1. The van der Waals surface area contributed by atoms with Crippen molar-refractivity contribution in [2.24, 2.45) is 7.05 Å². The smallest absolute Gasteiger partial charge is 0.326 e. The third-order valence-corrected chi connectivity index (χ3v) is 4.49. The van der Waals surface area contributed by atoms with Crippen molar-refractivity contribution in [3.63, 3.8) is 0 Å². The molecule has 2 aromatic rings. The molecule has 132 valence electrons. The first kappa shape index (κ1) is 17.1. The fourth-order valence-corrected chi connectivity index (χ4v) is 3.01. The Morgan fingerprint density at radius 2 is 2.24 bits per heavy atom. The quantitative estimate of drug-likeness (QED) is 0.753. The number of pyridine rings is 1. The van der Waals surface area contributed by atoms with E-state index in [2.05, 4.69) is 22.0 Å². The topological polar surface area (TPSA) is 97.1 Å². The van der Waals surface area contributed by atoms with Gasteiger partial charge in [-0.25, -0.2) is 9.78 Å². The zero-order valence-electron chi connectivity index (χ0n) is 14.5. The normalized spacial score (nSPS) is 15.1. The zero-order chi connectivity index (χ0) is 18.1. The monoisotopic (exact) mass is 342 g/mol. The molecule has 1 saturated carbocycles. The van der Waals surface area contributed by atoms with Gasteiger partial charge in [-0.05, 0) is 38.7 Å². The number of nitrogens with zero attached hydrogens (tertiary/aromatic N) is 3. The van der Waals surface area contributed by atoms with Crippen LogP contribution in [0.4, 0.5) is 0 Å². The maximum atomic E-state index is 12.8. The number of fused-ring (bicyclic) bond motifs is 1. The Balaban J connectivity index is 1.99. The van der Waals surface area contributed by atoms with Crippen LogP contribution in [0, 0.1) is 6.92 Å². The Morgan fingerprint density at radius 3 is 2.84 bits per heavy atom. The molecule has 7 heteroatoms. The van der Waals surface area contributed by atoms with Gasteiger partial charge in [-0.1, -0.05) is 6.08 Å². The van der Waals surface area contributed by atoms with Crippen molar-refractivity contribution in [2.45, 2.75) is 44.6 Å². The zero-order valence-corrected chi connectivity index (χ0v) is 14.5. The van der Waals surface area contributed by atoms with Gasteiger partial charge in [0, 0.05) is 18.7 Å². The Labute approximate surface area is 145 Å². The summed E-state index contributed by atoms with van der Waals surface area (Å²) < 4.78 is 1.67. The van der Waals surface area contributed by atoms with Crippen LogP contribution in [0.2, 0.25) is 0 Å². The minimum absolute atomic E-state index is 0.306. The molecule has 0 spiro atoms. The van der Waals surface area contributed by atoms with E-state index in [0.29, 0.717) is 41.1 Å². The molecule has 0 bridgehead atoms. The predicted molar refractivity (Wildman–Crippen MR) is 93.5 cm³/mol. The van der Waals surface area contributed by atoms with Gasteiger partial charge in [-0.3, -0.25) is 9.48 Å². The van der Waals surface area contributed by atoms with Crippen molar-refractivity contribution in [2.75, 3.05) is 0 Å². The van der Waals surface area contributed by atoms with Crippen molar-refractivity contribution < 1.29 is 14.7 Å². The van der Waals surface area contributed by atoms with E-state index in [1.54, 1.807) is 23.9 Å². The lowest BCUT2D eigenvalue weighted by molar-refractivity contribution is -0.139. The number of hydrogen-bond donors (Lipinski definition) is 2.